The fourth-order valence-electron chi connectivity index (χ4n) is 5.31. The number of unbranched alkanes of at least 4 members (excludes halogenated alkanes) is 20. The SMILES string of the molecule is CCCCCC/C=C\CCCCCCCC(=O)NC(COP(=O)(O)OCCN)C(O)CCCCCCCCCCCCCC. The Kier molecular flexibility index (Phi) is 31.6. The maximum absolute atomic E-state index is 12.7. The predicted molar refractivity (Wildman–Crippen MR) is 185 cm³/mol. The van der Waals surface area contributed by atoms with Gasteiger partial charge in [-0.25, -0.2) is 4.57 Å². The lowest BCUT2D eigenvalue weighted by Crippen LogP contribution is -2.46. The maximum Gasteiger partial charge on any atom is 0.472 e. The summed E-state index contributed by atoms with van der Waals surface area (Å²) in [5.74, 6) is -0.172. The lowest BCUT2D eigenvalue weighted by atomic mass is 10.0. The predicted octanol–water partition coefficient (Wildman–Crippen LogP) is 9.27. The van der Waals surface area contributed by atoms with Gasteiger partial charge in [0.05, 0.1) is 25.4 Å². The molecular formula is C35H71N2O6P. The number of carbonyl (C=O) groups is 1. The van der Waals surface area contributed by atoms with Crippen LogP contribution in [0.2, 0.25) is 0 Å². The minimum absolute atomic E-state index is 0.0888. The van der Waals surface area contributed by atoms with E-state index in [1.54, 1.807) is 0 Å². The molecule has 0 fully saturated rings. The van der Waals surface area contributed by atoms with Crippen molar-refractivity contribution in [2.75, 3.05) is 19.8 Å². The molecule has 0 aliphatic rings. The highest BCUT2D eigenvalue weighted by atomic mass is 31.2. The molecule has 0 aliphatic heterocycles. The van der Waals surface area contributed by atoms with Crippen molar-refractivity contribution in [2.45, 2.75) is 187 Å². The second-order valence-corrected chi connectivity index (χ2v) is 13.9. The topological polar surface area (TPSA) is 131 Å². The summed E-state index contributed by atoms with van der Waals surface area (Å²) in [6, 6.07) is -0.772. The van der Waals surface area contributed by atoms with Crippen LogP contribution in [0.4, 0.5) is 0 Å². The lowest BCUT2D eigenvalue weighted by molar-refractivity contribution is -0.123. The quantitative estimate of drug-likeness (QED) is 0.0311. The van der Waals surface area contributed by atoms with E-state index in [2.05, 4.69) is 31.3 Å². The molecule has 9 heteroatoms. The van der Waals surface area contributed by atoms with Crippen molar-refractivity contribution in [1.82, 2.24) is 5.32 Å². The van der Waals surface area contributed by atoms with Gasteiger partial charge < -0.3 is 21.1 Å². The molecule has 0 aromatic heterocycles. The second-order valence-electron chi connectivity index (χ2n) is 12.4. The van der Waals surface area contributed by atoms with Crippen molar-refractivity contribution in [2.24, 2.45) is 5.73 Å². The van der Waals surface area contributed by atoms with Gasteiger partial charge in [-0.15, -0.1) is 0 Å². The Morgan fingerprint density at radius 3 is 1.70 bits per heavy atom. The molecule has 0 rings (SSSR count). The number of aliphatic hydroxyl groups excluding tert-OH is 1. The van der Waals surface area contributed by atoms with Crippen molar-refractivity contribution < 1.29 is 28.4 Å². The van der Waals surface area contributed by atoms with Gasteiger partial charge in [0.1, 0.15) is 0 Å². The average Bonchev–Trinajstić information content (AvgIpc) is 3.01. The Hall–Kier alpha value is -0.760. The Morgan fingerprint density at radius 1 is 0.727 bits per heavy atom. The Bertz CT molecular complexity index is 709. The monoisotopic (exact) mass is 647 g/mol. The smallest absolute Gasteiger partial charge is 0.391 e. The van der Waals surface area contributed by atoms with Gasteiger partial charge in [-0.1, -0.05) is 142 Å². The summed E-state index contributed by atoms with van der Waals surface area (Å²) in [4.78, 5) is 22.6. The Labute approximate surface area is 271 Å². The normalized spacial score (nSPS) is 14.6. The van der Waals surface area contributed by atoms with E-state index in [9.17, 15) is 19.4 Å². The molecule has 262 valence electrons. The summed E-state index contributed by atoms with van der Waals surface area (Å²) in [5, 5.41) is 13.7. The summed E-state index contributed by atoms with van der Waals surface area (Å²) < 4.78 is 22.0. The number of nitrogens with two attached hydrogens (primary N) is 1. The standard InChI is InChI=1S/C35H71N2O6P/c1-3-5-7-9-11-13-15-17-19-21-23-25-27-29-35(39)37-33(32-43-44(40,41)42-31-30-36)34(38)28-26-24-22-20-18-16-14-12-10-8-6-4-2/h13,15,33-34,38H,3-12,14,16-32,36H2,1-2H3,(H,37,39)(H,40,41)/b15-13-. The highest BCUT2D eigenvalue weighted by Gasteiger charge is 2.27. The molecule has 0 heterocycles. The van der Waals surface area contributed by atoms with Crippen LogP contribution in [0.1, 0.15) is 174 Å². The van der Waals surface area contributed by atoms with Crippen molar-refractivity contribution in [1.29, 1.82) is 0 Å². The molecular weight excluding hydrogens is 575 g/mol. The molecule has 0 aromatic rings. The number of rotatable bonds is 34. The third-order valence-corrected chi connectivity index (χ3v) is 9.10. The van der Waals surface area contributed by atoms with E-state index >= 15 is 0 Å². The zero-order valence-corrected chi connectivity index (χ0v) is 29.6. The number of phosphoric ester groups is 1. The highest BCUT2D eigenvalue weighted by Crippen LogP contribution is 2.43. The van der Waals surface area contributed by atoms with Crippen LogP contribution in [0.25, 0.3) is 0 Å². The van der Waals surface area contributed by atoms with Crippen LogP contribution in [-0.4, -0.2) is 47.8 Å². The van der Waals surface area contributed by atoms with E-state index in [0.29, 0.717) is 12.8 Å². The average molecular weight is 647 g/mol. The third-order valence-electron chi connectivity index (χ3n) is 8.12. The van der Waals surface area contributed by atoms with Crippen molar-refractivity contribution in [3.8, 4) is 0 Å². The van der Waals surface area contributed by atoms with Crippen molar-refractivity contribution >= 4 is 13.7 Å². The summed E-state index contributed by atoms with van der Waals surface area (Å²) in [6.45, 7) is 4.17. The first-order valence-corrected chi connectivity index (χ1v) is 19.8. The molecule has 0 spiro atoms. The Balaban J connectivity index is 4.29. The highest BCUT2D eigenvalue weighted by molar-refractivity contribution is 7.47. The van der Waals surface area contributed by atoms with E-state index in [1.165, 1.54) is 96.3 Å². The fraction of sp³-hybridized carbons (Fsp3) is 0.914. The molecule has 44 heavy (non-hydrogen) atoms. The molecule has 5 N–H and O–H groups in total. The van der Waals surface area contributed by atoms with Crippen LogP contribution >= 0.6 is 7.82 Å². The minimum Gasteiger partial charge on any atom is -0.391 e. The molecule has 0 aromatic carbocycles. The molecule has 8 nitrogen and oxygen atoms in total. The number of allylic oxidation sites excluding steroid dienone is 2. The van der Waals surface area contributed by atoms with Crippen LogP contribution < -0.4 is 11.1 Å². The van der Waals surface area contributed by atoms with Crippen LogP contribution in [0.5, 0.6) is 0 Å². The third kappa shape index (κ3) is 29.9. The van der Waals surface area contributed by atoms with Gasteiger partial charge in [-0.05, 0) is 38.5 Å². The lowest BCUT2D eigenvalue weighted by Gasteiger charge is -2.25. The van der Waals surface area contributed by atoms with Gasteiger partial charge in [-0.3, -0.25) is 13.8 Å². The number of hydrogen-bond acceptors (Lipinski definition) is 6. The largest absolute Gasteiger partial charge is 0.472 e. The van der Waals surface area contributed by atoms with E-state index < -0.39 is 20.0 Å². The van der Waals surface area contributed by atoms with E-state index in [0.717, 1.165) is 51.4 Å². The first-order valence-electron chi connectivity index (χ1n) is 18.3. The first kappa shape index (κ1) is 43.2. The molecule has 3 atom stereocenters. The van der Waals surface area contributed by atoms with E-state index in [1.807, 2.05) is 0 Å². The first-order chi connectivity index (χ1) is 21.4. The van der Waals surface area contributed by atoms with E-state index in [4.69, 9.17) is 14.8 Å². The molecule has 3 unspecified atom stereocenters. The summed E-state index contributed by atoms with van der Waals surface area (Å²) in [5.41, 5.74) is 5.35. The number of amides is 1. The van der Waals surface area contributed by atoms with Gasteiger partial charge in [0, 0.05) is 13.0 Å². The number of phosphoric acid groups is 1. The van der Waals surface area contributed by atoms with Crippen molar-refractivity contribution in [3.63, 3.8) is 0 Å². The summed E-state index contributed by atoms with van der Waals surface area (Å²) in [7, 11) is -4.30. The van der Waals surface area contributed by atoms with Gasteiger partial charge in [-0.2, -0.15) is 0 Å². The molecule has 1 amide bonds. The van der Waals surface area contributed by atoms with Crippen LogP contribution in [0.15, 0.2) is 12.2 Å². The van der Waals surface area contributed by atoms with Crippen LogP contribution in [0, 0.1) is 0 Å². The fourth-order valence-corrected chi connectivity index (χ4v) is 6.07. The summed E-state index contributed by atoms with van der Waals surface area (Å²) in [6.07, 6.45) is 32.1. The van der Waals surface area contributed by atoms with E-state index in [-0.39, 0.29) is 25.7 Å². The molecule has 0 bridgehead atoms. The van der Waals surface area contributed by atoms with Gasteiger partial charge in [0.2, 0.25) is 5.91 Å². The number of hydrogen-bond donors (Lipinski definition) is 4. The second kappa shape index (κ2) is 32.2. The molecule has 0 saturated carbocycles. The van der Waals surface area contributed by atoms with Crippen molar-refractivity contribution in [3.05, 3.63) is 12.2 Å². The minimum atomic E-state index is -4.30. The van der Waals surface area contributed by atoms with Gasteiger partial charge in [0.25, 0.3) is 0 Å². The summed E-state index contributed by atoms with van der Waals surface area (Å²) >= 11 is 0. The van der Waals surface area contributed by atoms with Gasteiger partial charge in [0.15, 0.2) is 0 Å². The maximum atomic E-state index is 12.7. The number of nitrogens with one attached hydrogen (secondary N) is 1. The zero-order chi connectivity index (χ0) is 32.6. The Morgan fingerprint density at radius 2 is 1.18 bits per heavy atom. The van der Waals surface area contributed by atoms with Gasteiger partial charge >= 0.3 is 7.82 Å². The van der Waals surface area contributed by atoms with Crippen LogP contribution in [0.3, 0.4) is 0 Å². The zero-order valence-electron chi connectivity index (χ0n) is 28.7. The molecule has 0 saturated heterocycles. The number of aliphatic hydroxyl groups is 1. The molecule has 0 radical (unpaired) electrons. The number of carbonyl (C=O) groups excluding carboxylic acids is 1. The molecule has 0 aliphatic carbocycles. The van der Waals surface area contributed by atoms with Crippen LogP contribution in [-0.2, 0) is 18.4 Å².